The number of aromatic nitrogens is 1. The van der Waals surface area contributed by atoms with Gasteiger partial charge in [-0.1, -0.05) is 18.2 Å². The molecule has 9 heteroatoms. The first-order valence-corrected chi connectivity index (χ1v) is 9.36. The molecule has 0 aliphatic carbocycles. The Morgan fingerprint density at radius 1 is 1.15 bits per heavy atom. The maximum absolute atomic E-state index is 12.9. The summed E-state index contributed by atoms with van der Waals surface area (Å²) in [5.74, 6) is 0. The molecule has 2 unspecified atom stereocenters. The Morgan fingerprint density at radius 3 is 2.58 bits per heavy atom. The molecule has 5 nitrogen and oxygen atoms in total. The van der Waals surface area contributed by atoms with Crippen LogP contribution in [-0.4, -0.2) is 36.9 Å². The van der Waals surface area contributed by atoms with Crippen molar-refractivity contribution >= 4 is 10.0 Å². The Morgan fingerprint density at radius 2 is 1.92 bits per heavy atom. The molecule has 26 heavy (non-hydrogen) atoms. The topological polar surface area (TPSA) is 59.5 Å². The summed E-state index contributed by atoms with van der Waals surface area (Å²) < 4.78 is 71.3. The molecule has 140 valence electrons. The van der Waals surface area contributed by atoms with Crippen LogP contribution in [-0.2, 0) is 20.9 Å². The van der Waals surface area contributed by atoms with Crippen LogP contribution in [0.1, 0.15) is 24.2 Å². The van der Waals surface area contributed by atoms with E-state index in [-0.39, 0.29) is 23.7 Å². The summed E-state index contributed by atoms with van der Waals surface area (Å²) in [6.45, 7) is 1.71. The summed E-state index contributed by atoms with van der Waals surface area (Å²) >= 11 is 0. The quantitative estimate of drug-likeness (QED) is 0.813. The zero-order chi connectivity index (χ0) is 18.9. The molecule has 2 heterocycles. The van der Waals surface area contributed by atoms with Crippen molar-refractivity contribution in [3.05, 3.63) is 59.8 Å². The number of pyridine rings is 1. The number of sulfonamides is 1. The van der Waals surface area contributed by atoms with E-state index in [0.29, 0.717) is 0 Å². The first-order valence-electron chi connectivity index (χ1n) is 7.92. The lowest BCUT2D eigenvalue weighted by atomic mass is 10.0. The molecule has 0 bridgehead atoms. The number of nitrogens with zero attached hydrogens (tertiary/aromatic N) is 2. The fourth-order valence-electron chi connectivity index (χ4n) is 2.84. The van der Waals surface area contributed by atoms with Gasteiger partial charge in [-0.3, -0.25) is 0 Å². The molecular weight excluding hydrogens is 369 g/mol. The predicted octanol–water partition coefficient (Wildman–Crippen LogP) is 3.25. The lowest BCUT2D eigenvalue weighted by Crippen LogP contribution is -2.46. The van der Waals surface area contributed by atoms with Gasteiger partial charge in [0, 0.05) is 19.3 Å². The molecule has 1 fully saturated rings. The van der Waals surface area contributed by atoms with E-state index in [1.165, 1.54) is 28.7 Å². The van der Waals surface area contributed by atoms with Crippen molar-refractivity contribution in [1.29, 1.82) is 0 Å². The van der Waals surface area contributed by atoms with E-state index in [0.717, 1.165) is 12.1 Å². The average molecular weight is 386 g/mol. The molecule has 0 amide bonds. The molecule has 0 N–H and O–H groups in total. The first-order chi connectivity index (χ1) is 12.2. The number of benzene rings is 1. The second kappa shape index (κ2) is 6.98. The van der Waals surface area contributed by atoms with Crippen LogP contribution >= 0.6 is 0 Å². The smallest absolute Gasteiger partial charge is 0.368 e. The SMILES string of the molecule is CC1CN(S(=O)(=O)c2ccccn2)CC(c2cccc(C(F)(F)F)c2)O1. The molecule has 1 aromatic carbocycles. The van der Waals surface area contributed by atoms with Gasteiger partial charge in [-0.15, -0.1) is 0 Å². The van der Waals surface area contributed by atoms with E-state index >= 15 is 0 Å². The lowest BCUT2D eigenvalue weighted by molar-refractivity contribution is -0.137. The van der Waals surface area contributed by atoms with Crippen molar-refractivity contribution in [1.82, 2.24) is 9.29 Å². The normalized spacial score (nSPS) is 22.3. The summed E-state index contributed by atoms with van der Waals surface area (Å²) in [5.41, 5.74) is -0.511. The third-order valence-electron chi connectivity index (χ3n) is 4.05. The molecule has 1 aliphatic rings. The number of alkyl halides is 3. The summed E-state index contributed by atoms with van der Waals surface area (Å²) in [4.78, 5) is 3.88. The molecule has 1 aliphatic heterocycles. The summed E-state index contributed by atoms with van der Waals surface area (Å²) in [6.07, 6.45) is -4.36. The molecule has 0 saturated carbocycles. The maximum atomic E-state index is 12.9. The van der Waals surface area contributed by atoms with Gasteiger partial charge >= 0.3 is 6.18 Å². The molecule has 2 atom stereocenters. The molecule has 0 radical (unpaired) electrons. The number of hydrogen-bond donors (Lipinski definition) is 0. The van der Waals surface area contributed by atoms with Gasteiger partial charge in [-0.05, 0) is 36.8 Å². The van der Waals surface area contributed by atoms with Crippen molar-refractivity contribution in [3.63, 3.8) is 0 Å². The van der Waals surface area contributed by atoms with Gasteiger partial charge in [0.25, 0.3) is 10.0 Å². The van der Waals surface area contributed by atoms with Gasteiger partial charge in [-0.25, -0.2) is 13.4 Å². The number of morpholine rings is 1. The minimum absolute atomic E-state index is 0.0788. The highest BCUT2D eigenvalue weighted by molar-refractivity contribution is 7.89. The molecular formula is C17H17F3N2O3S. The van der Waals surface area contributed by atoms with Crippen LogP contribution < -0.4 is 0 Å². The third kappa shape index (κ3) is 3.89. The second-order valence-corrected chi connectivity index (χ2v) is 7.93. The molecule has 0 spiro atoms. The Hall–Kier alpha value is -1.97. The Kier molecular flexibility index (Phi) is 5.05. The van der Waals surface area contributed by atoms with Crippen molar-refractivity contribution in [2.75, 3.05) is 13.1 Å². The van der Waals surface area contributed by atoms with Crippen molar-refractivity contribution in [3.8, 4) is 0 Å². The number of halogens is 3. The largest absolute Gasteiger partial charge is 0.416 e. The first kappa shape index (κ1) is 18.8. The van der Waals surface area contributed by atoms with Crippen LogP contribution in [0.25, 0.3) is 0 Å². The molecule has 2 aromatic rings. The number of hydrogen-bond acceptors (Lipinski definition) is 4. The maximum Gasteiger partial charge on any atom is 0.416 e. The van der Waals surface area contributed by atoms with Crippen LogP contribution in [0.2, 0.25) is 0 Å². The second-order valence-electron chi connectivity index (χ2n) is 6.05. The third-order valence-corrected chi connectivity index (χ3v) is 5.80. The van der Waals surface area contributed by atoms with Crippen LogP contribution in [0.15, 0.2) is 53.7 Å². The van der Waals surface area contributed by atoms with Crippen molar-refractivity contribution in [2.24, 2.45) is 0 Å². The minimum Gasteiger partial charge on any atom is -0.368 e. The van der Waals surface area contributed by atoms with Gasteiger partial charge in [-0.2, -0.15) is 17.5 Å². The molecule has 1 saturated heterocycles. The Bertz CT molecular complexity index is 872. The van der Waals surface area contributed by atoms with Gasteiger partial charge in [0.05, 0.1) is 17.8 Å². The fourth-order valence-corrected chi connectivity index (χ4v) is 4.29. The van der Waals surface area contributed by atoms with Crippen LogP contribution in [0.3, 0.4) is 0 Å². The zero-order valence-corrected chi connectivity index (χ0v) is 14.7. The predicted molar refractivity (Wildman–Crippen MR) is 87.7 cm³/mol. The summed E-state index contributed by atoms with van der Waals surface area (Å²) in [7, 11) is -3.85. The summed E-state index contributed by atoms with van der Waals surface area (Å²) in [5, 5.41) is -0.100. The minimum atomic E-state index is -4.48. The van der Waals surface area contributed by atoms with E-state index in [9.17, 15) is 21.6 Å². The van der Waals surface area contributed by atoms with E-state index < -0.39 is 34.0 Å². The van der Waals surface area contributed by atoms with Crippen molar-refractivity contribution < 1.29 is 26.3 Å². The van der Waals surface area contributed by atoms with Crippen LogP contribution in [0.5, 0.6) is 0 Å². The highest BCUT2D eigenvalue weighted by Crippen LogP contribution is 2.33. The monoisotopic (exact) mass is 386 g/mol. The average Bonchev–Trinajstić information content (AvgIpc) is 2.61. The number of rotatable bonds is 3. The highest BCUT2D eigenvalue weighted by Gasteiger charge is 2.36. The van der Waals surface area contributed by atoms with E-state index in [4.69, 9.17) is 4.74 Å². The van der Waals surface area contributed by atoms with E-state index in [1.807, 2.05) is 0 Å². The van der Waals surface area contributed by atoms with Crippen LogP contribution in [0.4, 0.5) is 13.2 Å². The molecule has 3 rings (SSSR count). The Balaban J connectivity index is 1.90. The van der Waals surface area contributed by atoms with Crippen molar-refractivity contribution in [2.45, 2.75) is 30.3 Å². The van der Waals surface area contributed by atoms with Crippen LogP contribution in [0, 0.1) is 0 Å². The van der Waals surface area contributed by atoms with Gasteiger partial charge in [0.15, 0.2) is 5.03 Å². The van der Waals surface area contributed by atoms with Gasteiger partial charge in [0.1, 0.15) is 0 Å². The number of ether oxygens (including phenoxy) is 1. The Labute approximate surface area is 149 Å². The summed E-state index contributed by atoms with van der Waals surface area (Å²) in [6, 6.07) is 9.31. The highest BCUT2D eigenvalue weighted by atomic mass is 32.2. The molecule has 1 aromatic heterocycles. The lowest BCUT2D eigenvalue weighted by Gasteiger charge is -2.36. The fraction of sp³-hybridized carbons (Fsp3) is 0.353. The zero-order valence-electron chi connectivity index (χ0n) is 13.8. The van der Waals surface area contributed by atoms with Gasteiger partial charge in [0.2, 0.25) is 0 Å². The van der Waals surface area contributed by atoms with Gasteiger partial charge < -0.3 is 4.74 Å². The van der Waals surface area contributed by atoms with E-state index in [2.05, 4.69) is 4.98 Å². The van der Waals surface area contributed by atoms with E-state index in [1.54, 1.807) is 19.1 Å². The standard InChI is InChI=1S/C17H17F3N2O3S/c1-12-10-22(26(23,24)16-7-2-3-8-21-16)11-15(25-12)13-5-4-6-14(9-13)17(18,19)20/h2-9,12,15H,10-11H2,1H3.